The molecule has 7 aromatic carbocycles. The van der Waals surface area contributed by atoms with Crippen molar-refractivity contribution >= 4 is 49.9 Å². The van der Waals surface area contributed by atoms with E-state index in [0.29, 0.717) is 0 Å². The average molecular weight is 671 g/mol. The maximum Gasteiger partial charge on any atom is 0.135 e. The maximum atomic E-state index is 6.25. The van der Waals surface area contributed by atoms with E-state index >= 15 is 0 Å². The highest BCUT2D eigenvalue weighted by Crippen LogP contribution is 2.51. The zero-order valence-corrected chi connectivity index (χ0v) is 29.8. The van der Waals surface area contributed by atoms with Gasteiger partial charge in [0.2, 0.25) is 0 Å². The van der Waals surface area contributed by atoms with E-state index in [-0.39, 0.29) is 5.41 Å². The molecule has 250 valence electrons. The number of fused-ring (bicyclic) bond motifs is 7. The Morgan fingerprint density at radius 3 is 2.02 bits per heavy atom. The van der Waals surface area contributed by atoms with Gasteiger partial charge in [-0.3, -0.25) is 0 Å². The highest BCUT2D eigenvalue weighted by molar-refractivity contribution is 6.07. The van der Waals surface area contributed by atoms with Crippen molar-refractivity contribution in [3.05, 3.63) is 180 Å². The molecule has 0 bridgehead atoms. The van der Waals surface area contributed by atoms with Gasteiger partial charge in [-0.1, -0.05) is 105 Å². The van der Waals surface area contributed by atoms with Gasteiger partial charge in [0.1, 0.15) is 11.2 Å². The molecule has 0 unspecified atom stereocenters. The van der Waals surface area contributed by atoms with Crippen molar-refractivity contribution in [2.24, 2.45) is 0 Å². The highest BCUT2D eigenvalue weighted by atomic mass is 16.3. The van der Waals surface area contributed by atoms with E-state index in [1.54, 1.807) is 0 Å². The van der Waals surface area contributed by atoms with Crippen molar-refractivity contribution in [2.75, 3.05) is 4.90 Å². The van der Waals surface area contributed by atoms with E-state index in [9.17, 15) is 0 Å². The predicted octanol–water partition coefficient (Wildman–Crippen LogP) is 13.6. The summed E-state index contributed by atoms with van der Waals surface area (Å²) in [5, 5.41) is 3.54. The first kappa shape index (κ1) is 30.5. The summed E-state index contributed by atoms with van der Waals surface area (Å²) in [5.41, 5.74) is 17.8. The van der Waals surface area contributed by atoms with Crippen LogP contribution in [0.25, 0.3) is 60.8 Å². The minimum absolute atomic E-state index is 0.104. The average Bonchev–Trinajstić information content (AvgIpc) is 3.76. The van der Waals surface area contributed by atoms with Crippen molar-refractivity contribution < 1.29 is 4.42 Å². The van der Waals surface area contributed by atoms with Crippen LogP contribution in [0, 0.1) is 13.8 Å². The molecule has 0 saturated carbocycles. The van der Waals surface area contributed by atoms with Crippen LogP contribution in [0.5, 0.6) is 0 Å². The van der Waals surface area contributed by atoms with E-state index in [1.807, 2.05) is 12.1 Å². The number of rotatable bonds is 5. The van der Waals surface area contributed by atoms with E-state index in [2.05, 4.69) is 183 Å². The molecular formula is C49H38N2O. The van der Waals surface area contributed by atoms with Gasteiger partial charge >= 0.3 is 0 Å². The standard InChI is InChI=1S/C49H38N2O/c1-31-32(2)50(34-13-6-5-7-14-34)45-19-12-17-38(48(31)45)33-21-23-35(24-22-33)51(36-26-28-47-42(29-36)41-16-9-11-20-46(41)52-47)37-25-27-40-39-15-8-10-18-43(39)49(3,4)44(40)30-37/h5-30H,1-4H3. The van der Waals surface area contributed by atoms with E-state index in [1.165, 1.54) is 61.2 Å². The second-order valence-electron chi connectivity index (χ2n) is 14.6. The van der Waals surface area contributed by atoms with Crippen LogP contribution in [0.15, 0.2) is 162 Å². The van der Waals surface area contributed by atoms with Crippen LogP contribution in [0.4, 0.5) is 17.1 Å². The van der Waals surface area contributed by atoms with E-state index < -0.39 is 0 Å². The monoisotopic (exact) mass is 670 g/mol. The molecule has 0 atom stereocenters. The zero-order chi connectivity index (χ0) is 35.1. The summed E-state index contributed by atoms with van der Waals surface area (Å²) in [5.74, 6) is 0. The van der Waals surface area contributed by atoms with E-state index in [4.69, 9.17) is 4.42 Å². The molecule has 1 aliphatic carbocycles. The SMILES string of the molecule is Cc1c(C)n(-c2ccccc2)c2cccc(-c3ccc(N(c4ccc5c(c4)C(C)(C)c4ccccc4-5)c4ccc5oc6ccccc6c5c4)cc3)c12. The lowest BCUT2D eigenvalue weighted by molar-refractivity contribution is 0.660. The fourth-order valence-electron chi connectivity index (χ4n) is 8.72. The molecule has 9 aromatic rings. The Kier molecular flexibility index (Phi) is 6.65. The number of hydrogen-bond donors (Lipinski definition) is 0. The number of nitrogens with zero attached hydrogens (tertiary/aromatic N) is 2. The Morgan fingerprint density at radius 1 is 0.519 bits per heavy atom. The van der Waals surface area contributed by atoms with Crippen LogP contribution >= 0.6 is 0 Å². The van der Waals surface area contributed by atoms with Gasteiger partial charge in [-0.25, -0.2) is 0 Å². The normalized spacial score (nSPS) is 13.2. The van der Waals surface area contributed by atoms with Gasteiger partial charge in [-0.05, 0) is 120 Å². The third-order valence-electron chi connectivity index (χ3n) is 11.4. The Hall–Kier alpha value is -6.32. The van der Waals surface area contributed by atoms with Crippen LogP contribution in [-0.4, -0.2) is 4.57 Å². The Labute approximate surface area is 304 Å². The number of benzene rings is 7. The van der Waals surface area contributed by atoms with Gasteiger partial charge in [-0.15, -0.1) is 0 Å². The molecule has 0 spiro atoms. The highest BCUT2D eigenvalue weighted by Gasteiger charge is 2.35. The number of aryl methyl sites for hydroxylation is 1. The number of hydrogen-bond acceptors (Lipinski definition) is 2. The molecule has 2 aromatic heterocycles. The van der Waals surface area contributed by atoms with Crippen LogP contribution in [-0.2, 0) is 5.41 Å². The first-order valence-corrected chi connectivity index (χ1v) is 18.1. The molecule has 3 heteroatoms. The van der Waals surface area contributed by atoms with Gasteiger partial charge in [0.15, 0.2) is 0 Å². The fourth-order valence-corrected chi connectivity index (χ4v) is 8.72. The lowest BCUT2D eigenvalue weighted by atomic mass is 9.82. The second-order valence-corrected chi connectivity index (χ2v) is 14.6. The second kappa shape index (κ2) is 11.3. The van der Waals surface area contributed by atoms with Crippen molar-refractivity contribution in [2.45, 2.75) is 33.1 Å². The minimum Gasteiger partial charge on any atom is -0.456 e. The predicted molar refractivity (Wildman–Crippen MR) is 218 cm³/mol. The molecule has 10 rings (SSSR count). The number of para-hydroxylation sites is 2. The molecule has 0 aliphatic heterocycles. The Balaban J connectivity index is 1.13. The van der Waals surface area contributed by atoms with Crippen molar-refractivity contribution in [1.82, 2.24) is 4.57 Å². The summed E-state index contributed by atoms with van der Waals surface area (Å²) < 4.78 is 8.63. The third-order valence-corrected chi connectivity index (χ3v) is 11.4. The quantitative estimate of drug-likeness (QED) is 0.182. The topological polar surface area (TPSA) is 21.3 Å². The summed E-state index contributed by atoms with van der Waals surface area (Å²) in [7, 11) is 0. The Bertz CT molecular complexity index is 2840. The summed E-state index contributed by atoms with van der Waals surface area (Å²) >= 11 is 0. The first-order chi connectivity index (χ1) is 25.4. The van der Waals surface area contributed by atoms with Crippen molar-refractivity contribution in [3.63, 3.8) is 0 Å². The number of furan rings is 1. The van der Waals surface area contributed by atoms with Crippen LogP contribution in [0.2, 0.25) is 0 Å². The summed E-state index contributed by atoms with van der Waals surface area (Å²) in [6.07, 6.45) is 0. The fraction of sp³-hybridized carbons (Fsp3) is 0.102. The van der Waals surface area contributed by atoms with Crippen LogP contribution in [0.3, 0.4) is 0 Å². The minimum atomic E-state index is -0.104. The van der Waals surface area contributed by atoms with Crippen LogP contribution in [0.1, 0.15) is 36.2 Å². The molecule has 0 saturated heterocycles. The molecule has 1 aliphatic rings. The number of anilines is 3. The largest absolute Gasteiger partial charge is 0.456 e. The molecular weight excluding hydrogens is 633 g/mol. The lowest BCUT2D eigenvalue weighted by Crippen LogP contribution is -2.16. The maximum absolute atomic E-state index is 6.25. The van der Waals surface area contributed by atoms with Crippen LogP contribution < -0.4 is 4.90 Å². The van der Waals surface area contributed by atoms with Gasteiger partial charge in [0, 0.05) is 50.0 Å². The van der Waals surface area contributed by atoms with E-state index in [0.717, 1.165) is 39.0 Å². The molecule has 52 heavy (non-hydrogen) atoms. The smallest absolute Gasteiger partial charge is 0.135 e. The molecule has 0 radical (unpaired) electrons. The number of aromatic nitrogens is 1. The first-order valence-electron chi connectivity index (χ1n) is 18.1. The Morgan fingerprint density at radius 2 is 1.17 bits per heavy atom. The van der Waals surface area contributed by atoms with Gasteiger partial charge in [0.25, 0.3) is 0 Å². The molecule has 0 amide bonds. The molecule has 2 heterocycles. The summed E-state index contributed by atoms with van der Waals surface area (Å²) in [6.45, 7) is 9.17. The summed E-state index contributed by atoms with van der Waals surface area (Å²) in [4.78, 5) is 2.40. The lowest BCUT2D eigenvalue weighted by Gasteiger charge is -2.28. The molecule has 0 fully saturated rings. The molecule has 0 N–H and O–H groups in total. The van der Waals surface area contributed by atoms with Crippen molar-refractivity contribution in [1.29, 1.82) is 0 Å². The molecule has 3 nitrogen and oxygen atoms in total. The van der Waals surface area contributed by atoms with Crippen molar-refractivity contribution in [3.8, 4) is 27.9 Å². The van der Waals surface area contributed by atoms with Gasteiger partial charge in [0.05, 0.1) is 5.52 Å². The zero-order valence-electron chi connectivity index (χ0n) is 29.8. The van der Waals surface area contributed by atoms with Gasteiger partial charge in [-0.2, -0.15) is 0 Å². The van der Waals surface area contributed by atoms with Gasteiger partial charge < -0.3 is 13.9 Å². The summed E-state index contributed by atoms with van der Waals surface area (Å²) in [6, 6.07) is 57.2. The third kappa shape index (κ3) is 4.45.